The normalized spacial score (nSPS) is 14.5. The van der Waals surface area contributed by atoms with Gasteiger partial charge in [-0.3, -0.25) is 14.9 Å². The van der Waals surface area contributed by atoms with Crippen LogP contribution in [0.2, 0.25) is 5.02 Å². The molecule has 190 valence electrons. The summed E-state index contributed by atoms with van der Waals surface area (Å²) in [4.78, 5) is 36.6. The zero-order chi connectivity index (χ0) is 26.4. The fourth-order valence-electron chi connectivity index (χ4n) is 4.08. The van der Waals surface area contributed by atoms with Gasteiger partial charge in [0.1, 0.15) is 6.61 Å². The van der Waals surface area contributed by atoms with Crippen LogP contribution < -0.4 is 16.4 Å². The number of carbonyl (C=O) groups excluding carboxylic acids is 2. The van der Waals surface area contributed by atoms with Crippen molar-refractivity contribution < 1.29 is 24.2 Å². The molecule has 3 aromatic rings. The number of anilines is 2. The standard InChI is InChI=1S/C28H26ClN3O5/c29-23-11-22(13-25(14-23)32-28(36)37-16-17-4-2-1-3-5-17)26(33)31-24-9-18(15-30)8-21(12-24)19-6-7-20(10-19)27(34)35/h1-6,8-9,11-14,20H,7,10,15-16,30H2,(H,31,33)(H,32,36)(H,34,35)/t20-/m0/s1. The Morgan fingerprint density at radius 3 is 2.43 bits per heavy atom. The lowest BCUT2D eigenvalue weighted by Crippen LogP contribution is -2.16. The minimum atomic E-state index is -0.830. The first kappa shape index (κ1) is 25.9. The molecule has 4 rings (SSSR count). The van der Waals surface area contributed by atoms with Crippen LogP contribution in [0.3, 0.4) is 0 Å². The molecule has 0 heterocycles. The summed E-state index contributed by atoms with van der Waals surface area (Å²) in [5, 5.41) is 15.0. The molecule has 37 heavy (non-hydrogen) atoms. The quantitative estimate of drug-likeness (QED) is 0.303. The van der Waals surface area contributed by atoms with E-state index >= 15 is 0 Å². The number of nitrogens with two attached hydrogens (primary N) is 1. The molecule has 0 radical (unpaired) electrons. The number of carbonyl (C=O) groups is 3. The highest BCUT2D eigenvalue weighted by Gasteiger charge is 2.24. The molecule has 0 saturated carbocycles. The highest BCUT2D eigenvalue weighted by atomic mass is 35.5. The van der Waals surface area contributed by atoms with Gasteiger partial charge in [0, 0.05) is 28.5 Å². The second-order valence-electron chi connectivity index (χ2n) is 8.70. The number of allylic oxidation sites excluding steroid dienone is 2. The number of carboxylic acid groups (broad SMARTS) is 1. The van der Waals surface area contributed by atoms with Crippen LogP contribution in [0, 0.1) is 5.92 Å². The van der Waals surface area contributed by atoms with Crippen molar-refractivity contribution in [1.82, 2.24) is 0 Å². The number of benzene rings is 3. The molecule has 1 atom stereocenters. The van der Waals surface area contributed by atoms with Crippen molar-refractivity contribution in [2.24, 2.45) is 11.7 Å². The maximum atomic E-state index is 13.1. The number of rotatable bonds is 8. The van der Waals surface area contributed by atoms with Crippen molar-refractivity contribution in [3.63, 3.8) is 0 Å². The number of nitrogens with one attached hydrogen (secondary N) is 2. The first-order chi connectivity index (χ1) is 17.8. The maximum absolute atomic E-state index is 13.1. The molecule has 1 aliphatic rings. The Morgan fingerprint density at radius 2 is 1.73 bits per heavy atom. The lowest BCUT2D eigenvalue weighted by Gasteiger charge is -2.13. The first-order valence-corrected chi connectivity index (χ1v) is 12.0. The van der Waals surface area contributed by atoms with E-state index in [-0.39, 0.29) is 23.7 Å². The number of hydrogen-bond donors (Lipinski definition) is 4. The van der Waals surface area contributed by atoms with E-state index in [9.17, 15) is 19.5 Å². The van der Waals surface area contributed by atoms with E-state index in [2.05, 4.69) is 10.6 Å². The lowest BCUT2D eigenvalue weighted by atomic mass is 9.98. The van der Waals surface area contributed by atoms with E-state index < -0.39 is 23.9 Å². The van der Waals surface area contributed by atoms with Gasteiger partial charge in [0.25, 0.3) is 5.91 Å². The van der Waals surface area contributed by atoms with Crippen molar-refractivity contribution in [3.8, 4) is 0 Å². The maximum Gasteiger partial charge on any atom is 0.411 e. The minimum Gasteiger partial charge on any atom is -0.481 e. The Labute approximate surface area is 219 Å². The van der Waals surface area contributed by atoms with Crippen LogP contribution in [0.1, 0.15) is 39.9 Å². The van der Waals surface area contributed by atoms with E-state index in [1.807, 2.05) is 42.5 Å². The Bertz CT molecular complexity index is 1360. The zero-order valence-electron chi connectivity index (χ0n) is 19.9. The van der Waals surface area contributed by atoms with Crippen LogP contribution in [-0.2, 0) is 22.7 Å². The smallest absolute Gasteiger partial charge is 0.411 e. The van der Waals surface area contributed by atoms with Crippen LogP contribution in [0.4, 0.5) is 16.2 Å². The van der Waals surface area contributed by atoms with Crippen molar-refractivity contribution in [2.75, 3.05) is 10.6 Å². The Balaban J connectivity index is 1.45. The third kappa shape index (κ3) is 6.97. The highest BCUT2D eigenvalue weighted by molar-refractivity contribution is 6.31. The van der Waals surface area contributed by atoms with Crippen molar-refractivity contribution in [3.05, 3.63) is 100 Å². The predicted molar refractivity (Wildman–Crippen MR) is 142 cm³/mol. The van der Waals surface area contributed by atoms with Crippen molar-refractivity contribution in [1.29, 1.82) is 0 Å². The molecule has 0 aromatic heterocycles. The Hall–Kier alpha value is -4.14. The molecule has 9 heteroatoms. The highest BCUT2D eigenvalue weighted by Crippen LogP contribution is 2.34. The second kappa shape index (κ2) is 11.7. The summed E-state index contributed by atoms with van der Waals surface area (Å²) < 4.78 is 5.23. The average Bonchev–Trinajstić information content (AvgIpc) is 3.38. The second-order valence-corrected chi connectivity index (χ2v) is 9.13. The molecule has 3 aromatic carbocycles. The minimum absolute atomic E-state index is 0.101. The molecule has 0 fully saturated rings. The van der Waals surface area contributed by atoms with Gasteiger partial charge in [0.15, 0.2) is 0 Å². The van der Waals surface area contributed by atoms with Gasteiger partial charge in [-0.1, -0.05) is 54.1 Å². The number of ether oxygens (including phenoxy) is 1. The van der Waals surface area contributed by atoms with Crippen LogP contribution in [0.15, 0.2) is 72.8 Å². The Kier molecular flexibility index (Phi) is 8.22. The summed E-state index contributed by atoms with van der Waals surface area (Å²) in [6.45, 7) is 0.354. The lowest BCUT2D eigenvalue weighted by molar-refractivity contribution is -0.141. The van der Waals surface area contributed by atoms with Gasteiger partial charge in [-0.2, -0.15) is 0 Å². The molecule has 0 unspecified atom stereocenters. The summed E-state index contributed by atoms with van der Waals surface area (Å²) in [6.07, 6.45) is 2.11. The molecule has 0 bridgehead atoms. The summed E-state index contributed by atoms with van der Waals surface area (Å²) >= 11 is 6.21. The fourth-order valence-corrected chi connectivity index (χ4v) is 4.32. The van der Waals surface area contributed by atoms with Crippen molar-refractivity contribution in [2.45, 2.75) is 26.0 Å². The summed E-state index contributed by atoms with van der Waals surface area (Å²) in [5.74, 6) is -1.72. The van der Waals surface area contributed by atoms with Crippen molar-refractivity contribution >= 4 is 46.5 Å². The first-order valence-electron chi connectivity index (χ1n) is 11.7. The average molecular weight is 520 g/mol. The van der Waals surface area contributed by atoms with Gasteiger partial charge < -0.3 is 20.9 Å². The molecule has 0 spiro atoms. The van der Waals surface area contributed by atoms with Gasteiger partial charge in [-0.05, 0) is 65.4 Å². The van der Waals surface area contributed by atoms with Gasteiger partial charge in [0.2, 0.25) is 0 Å². The molecule has 2 amide bonds. The number of aliphatic carboxylic acids is 1. The summed E-state index contributed by atoms with van der Waals surface area (Å²) in [7, 11) is 0. The van der Waals surface area contributed by atoms with E-state index in [0.29, 0.717) is 24.2 Å². The molecular weight excluding hydrogens is 494 g/mol. The van der Waals surface area contributed by atoms with Crippen LogP contribution in [0.25, 0.3) is 5.57 Å². The van der Waals surface area contributed by atoms with Gasteiger partial charge >= 0.3 is 12.1 Å². The van der Waals surface area contributed by atoms with Crippen LogP contribution >= 0.6 is 11.6 Å². The zero-order valence-corrected chi connectivity index (χ0v) is 20.6. The molecular formula is C28H26ClN3O5. The predicted octanol–water partition coefficient (Wildman–Crippen LogP) is 5.68. The van der Waals surface area contributed by atoms with Gasteiger partial charge in [0.05, 0.1) is 5.92 Å². The number of halogens is 1. The van der Waals surface area contributed by atoms with Gasteiger partial charge in [-0.15, -0.1) is 0 Å². The van der Waals surface area contributed by atoms with Gasteiger partial charge in [-0.25, -0.2) is 4.79 Å². The van der Waals surface area contributed by atoms with Crippen LogP contribution in [-0.4, -0.2) is 23.1 Å². The van der Waals surface area contributed by atoms with Crippen LogP contribution in [0.5, 0.6) is 0 Å². The monoisotopic (exact) mass is 519 g/mol. The van der Waals surface area contributed by atoms with E-state index in [1.165, 1.54) is 18.2 Å². The largest absolute Gasteiger partial charge is 0.481 e. The molecule has 5 N–H and O–H groups in total. The fraction of sp³-hybridized carbons (Fsp3) is 0.179. The Morgan fingerprint density at radius 1 is 0.973 bits per heavy atom. The third-order valence-electron chi connectivity index (χ3n) is 5.94. The van der Waals surface area contributed by atoms with E-state index in [4.69, 9.17) is 22.1 Å². The molecule has 0 saturated heterocycles. The van der Waals surface area contributed by atoms with E-state index in [1.54, 1.807) is 12.1 Å². The SMILES string of the molecule is NCc1cc(NC(=O)c2cc(Cl)cc(NC(=O)OCc3ccccc3)c2)cc(C2=CC[C@H](C(=O)O)C2)c1. The summed E-state index contributed by atoms with van der Waals surface area (Å²) in [5.41, 5.74) is 10.3. The number of carboxylic acids is 1. The molecule has 8 nitrogen and oxygen atoms in total. The molecule has 0 aliphatic heterocycles. The summed E-state index contributed by atoms with van der Waals surface area (Å²) in [6, 6.07) is 19.2. The third-order valence-corrected chi connectivity index (χ3v) is 6.16. The molecule has 1 aliphatic carbocycles. The van der Waals surface area contributed by atoms with E-state index in [0.717, 1.165) is 22.3 Å². The number of hydrogen-bond acceptors (Lipinski definition) is 5. The topological polar surface area (TPSA) is 131 Å². The number of amides is 2.